The molecule has 1 aromatic heterocycles. The Morgan fingerprint density at radius 2 is 2.36 bits per heavy atom. The van der Waals surface area contributed by atoms with Gasteiger partial charge in [0.05, 0.1) is 15.8 Å². The molecule has 0 unspecified atom stereocenters. The molecule has 4 nitrogen and oxygen atoms in total. The maximum Gasteiger partial charge on any atom is 0.307 e. The molecule has 0 amide bonds. The fourth-order valence-corrected chi connectivity index (χ4v) is 1.13. The van der Waals surface area contributed by atoms with Crippen molar-refractivity contribution in [3.05, 3.63) is 33.1 Å². The van der Waals surface area contributed by atoms with Crippen molar-refractivity contribution in [3.8, 4) is 11.8 Å². The van der Waals surface area contributed by atoms with Gasteiger partial charge in [0, 0.05) is 6.20 Å². The number of rotatable bonds is 1. The maximum absolute atomic E-state index is 10.5. The van der Waals surface area contributed by atoms with Gasteiger partial charge in [0.1, 0.15) is 11.2 Å². The third-order valence-corrected chi connectivity index (χ3v) is 2.03. The van der Waals surface area contributed by atoms with Crippen molar-refractivity contribution in [2.75, 3.05) is 5.33 Å². The summed E-state index contributed by atoms with van der Waals surface area (Å²) in [6, 6.07) is 0. The zero-order valence-electron chi connectivity index (χ0n) is 6.83. The van der Waals surface area contributed by atoms with E-state index in [9.17, 15) is 10.1 Å². The van der Waals surface area contributed by atoms with E-state index in [4.69, 9.17) is 11.6 Å². The number of hydrogen-bond donors (Lipinski definition) is 0. The highest BCUT2D eigenvalue weighted by atomic mass is 79.9. The first kappa shape index (κ1) is 11.0. The van der Waals surface area contributed by atoms with Crippen LogP contribution in [0.1, 0.15) is 5.56 Å². The number of pyridine rings is 1. The van der Waals surface area contributed by atoms with E-state index < -0.39 is 4.92 Å². The molecule has 72 valence electrons. The Hall–Kier alpha value is -1.12. The minimum atomic E-state index is -0.589. The van der Waals surface area contributed by atoms with Crippen LogP contribution in [0.25, 0.3) is 0 Å². The SMILES string of the molecule is O=[N+]([O-])c1cncc(C#CCBr)c1Cl. The minimum absolute atomic E-state index is 0.0263. The number of nitrogens with zero attached hydrogens (tertiary/aromatic N) is 2. The van der Waals surface area contributed by atoms with Gasteiger partial charge < -0.3 is 0 Å². The molecule has 6 heteroatoms. The van der Waals surface area contributed by atoms with Crippen molar-refractivity contribution in [1.29, 1.82) is 0 Å². The number of aromatic nitrogens is 1. The lowest BCUT2D eigenvalue weighted by Crippen LogP contribution is -1.92. The Morgan fingerprint density at radius 3 is 2.93 bits per heavy atom. The monoisotopic (exact) mass is 274 g/mol. The maximum atomic E-state index is 10.5. The number of alkyl halides is 1. The summed E-state index contributed by atoms with van der Waals surface area (Å²) >= 11 is 8.85. The highest BCUT2D eigenvalue weighted by Gasteiger charge is 2.14. The molecular weight excluding hydrogens is 271 g/mol. The van der Waals surface area contributed by atoms with Crippen LogP contribution in [-0.2, 0) is 0 Å². The van der Waals surface area contributed by atoms with Crippen LogP contribution in [0.4, 0.5) is 5.69 Å². The van der Waals surface area contributed by atoms with E-state index in [0.29, 0.717) is 10.9 Å². The van der Waals surface area contributed by atoms with Crippen molar-refractivity contribution in [2.45, 2.75) is 0 Å². The fraction of sp³-hybridized carbons (Fsp3) is 0.125. The standard InChI is InChI=1S/C8H4BrClN2O2/c9-3-1-2-6-4-11-5-7(8(6)10)12(13)14/h4-5H,3H2. The third kappa shape index (κ3) is 2.44. The smallest absolute Gasteiger partial charge is 0.258 e. The summed E-state index contributed by atoms with van der Waals surface area (Å²) in [5, 5.41) is 11.0. The molecule has 0 saturated heterocycles. The lowest BCUT2D eigenvalue weighted by atomic mass is 10.2. The minimum Gasteiger partial charge on any atom is -0.258 e. The van der Waals surface area contributed by atoms with Crippen molar-refractivity contribution in [1.82, 2.24) is 4.98 Å². The van der Waals surface area contributed by atoms with E-state index in [1.807, 2.05) is 0 Å². The summed E-state index contributed by atoms with van der Waals surface area (Å²) in [5.41, 5.74) is 0.133. The molecule has 14 heavy (non-hydrogen) atoms. The van der Waals surface area contributed by atoms with Crippen LogP contribution in [0, 0.1) is 22.0 Å². The highest BCUT2D eigenvalue weighted by Crippen LogP contribution is 2.25. The number of hydrogen-bond acceptors (Lipinski definition) is 3. The number of halogens is 2. The third-order valence-electron chi connectivity index (χ3n) is 1.35. The van der Waals surface area contributed by atoms with Crippen LogP contribution in [0.15, 0.2) is 12.4 Å². The molecule has 0 bridgehead atoms. The molecule has 1 rings (SSSR count). The predicted octanol–water partition coefficient (Wildman–Crippen LogP) is 2.39. The lowest BCUT2D eigenvalue weighted by Gasteiger charge is -1.95. The largest absolute Gasteiger partial charge is 0.307 e. The first-order valence-electron chi connectivity index (χ1n) is 3.49. The summed E-state index contributed by atoms with van der Waals surface area (Å²) < 4.78 is 0. The Kier molecular flexibility index (Phi) is 3.86. The van der Waals surface area contributed by atoms with Gasteiger partial charge in [-0.15, -0.1) is 0 Å². The van der Waals surface area contributed by atoms with E-state index in [-0.39, 0.29) is 10.7 Å². The van der Waals surface area contributed by atoms with Gasteiger partial charge in [0.2, 0.25) is 0 Å². The van der Waals surface area contributed by atoms with Gasteiger partial charge in [-0.1, -0.05) is 39.4 Å². The van der Waals surface area contributed by atoms with Gasteiger partial charge in [-0.05, 0) is 0 Å². The van der Waals surface area contributed by atoms with Gasteiger partial charge in [-0.2, -0.15) is 0 Å². The van der Waals surface area contributed by atoms with Gasteiger partial charge in [-0.3, -0.25) is 15.1 Å². The molecular formula is C8H4BrClN2O2. The Morgan fingerprint density at radius 1 is 1.64 bits per heavy atom. The average Bonchev–Trinajstić information content (AvgIpc) is 2.16. The Bertz CT molecular complexity index is 425. The van der Waals surface area contributed by atoms with Crippen LogP contribution >= 0.6 is 27.5 Å². The molecule has 0 aliphatic carbocycles. The van der Waals surface area contributed by atoms with E-state index in [2.05, 4.69) is 32.8 Å². The van der Waals surface area contributed by atoms with Crippen LogP contribution in [0.2, 0.25) is 5.02 Å². The molecule has 0 spiro atoms. The van der Waals surface area contributed by atoms with Crippen LogP contribution < -0.4 is 0 Å². The summed E-state index contributed by atoms with van der Waals surface area (Å²) in [7, 11) is 0. The second-order valence-electron chi connectivity index (χ2n) is 2.21. The molecule has 1 aromatic rings. The van der Waals surface area contributed by atoms with Crippen molar-refractivity contribution >= 4 is 33.2 Å². The zero-order chi connectivity index (χ0) is 10.6. The number of nitro groups is 1. The summed E-state index contributed by atoms with van der Waals surface area (Å²) in [5.74, 6) is 5.35. The van der Waals surface area contributed by atoms with E-state index >= 15 is 0 Å². The summed E-state index contributed by atoms with van der Waals surface area (Å²) in [4.78, 5) is 13.6. The first-order valence-corrected chi connectivity index (χ1v) is 4.99. The van der Waals surface area contributed by atoms with Crippen molar-refractivity contribution < 1.29 is 4.92 Å². The van der Waals surface area contributed by atoms with Crippen LogP contribution in [0.5, 0.6) is 0 Å². The first-order chi connectivity index (χ1) is 6.66. The second-order valence-corrected chi connectivity index (χ2v) is 3.15. The molecule has 0 fully saturated rings. The Balaban J connectivity index is 3.20. The van der Waals surface area contributed by atoms with E-state index in [1.54, 1.807) is 0 Å². The molecule has 0 aromatic carbocycles. The molecule has 0 atom stereocenters. The Labute approximate surface area is 93.6 Å². The van der Waals surface area contributed by atoms with Crippen molar-refractivity contribution in [3.63, 3.8) is 0 Å². The zero-order valence-corrected chi connectivity index (χ0v) is 9.17. The second kappa shape index (κ2) is 4.94. The van der Waals surface area contributed by atoms with Gasteiger partial charge >= 0.3 is 5.69 Å². The topological polar surface area (TPSA) is 56.0 Å². The summed E-state index contributed by atoms with van der Waals surface area (Å²) in [6.07, 6.45) is 2.49. The van der Waals surface area contributed by atoms with Gasteiger partial charge in [0.25, 0.3) is 0 Å². The van der Waals surface area contributed by atoms with Crippen LogP contribution in [-0.4, -0.2) is 15.2 Å². The lowest BCUT2D eigenvalue weighted by molar-refractivity contribution is -0.385. The molecule has 0 N–H and O–H groups in total. The van der Waals surface area contributed by atoms with Gasteiger partial charge in [0.15, 0.2) is 0 Å². The van der Waals surface area contributed by atoms with E-state index in [1.165, 1.54) is 6.20 Å². The highest BCUT2D eigenvalue weighted by molar-refractivity contribution is 9.09. The van der Waals surface area contributed by atoms with E-state index in [0.717, 1.165) is 6.20 Å². The molecule has 0 aliphatic rings. The fourth-order valence-electron chi connectivity index (χ4n) is 0.777. The van der Waals surface area contributed by atoms with Crippen molar-refractivity contribution in [2.24, 2.45) is 0 Å². The summed E-state index contributed by atoms with van der Waals surface area (Å²) in [6.45, 7) is 0. The molecule has 0 saturated carbocycles. The molecule has 0 aliphatic heterocycles. The predicted molar refractivity (Wildman–Crippen MR) is 56.6 cm³/mol. The average molecular weight is 275 g/mol. The quantitative estimate of drug-likeness (QED) is 0.342. The molecule has 1 heterocycles. The van der Waals surface area contributed by atoms with Gasteiger partial charge in [-0.25, -0.2) is 0 Å². The normalized spacial score (nSPS) is 9.00. The molecule has 0 radical (unpaired) electrons. The van der Waals surface area contributed by atoms with Crippen LogP contribution in [0.3, 0.4) is 0 Å².